The molecule has 2 aromatic carbocycles. The first-order valence-electron chi connectivity index (χ1n) is 8.35. The zero-order valence-corrected chi connectivity index (χ0v) is 15.7. The molecule has 6 nitrogen and oxygen atoms in total. The summed E-state index contributed by atoms with van der Waals surface area (Å²) in [7, 11) is -3.54. The Labute approximate surface area is 154 Å². The predicted molar refractivity (Wildman–Crippen MR) is 98.6 cm³/mol. The standard InChI is InChI=1S/C19H23NO5S/c1-3-24-19(21)14-25-17-9-6-8-16(13-17)11-12-20-26(22,23)18-10-5-4-7-15(18)2/h4-10,13,20H,3,11-12,14H2,1-2H3. The zero-order chi connectivity index (χ0) is 19.0. The lowest BCUT2D eigenvalue weighted by Crippen LogP contribution is -2.26. The van der Waals surface area contributed by atoms with Gasteiger partial charge in [0.15, 0.2) is 6.61 Å². The van der Waals surface area contributed by atoms with E-state index in [0.717, 1.165) is 5.56 Å². The van der Waals surface area contributed by atoms with Crippen molar-refractivity contribution < 1.29 is 22.7 Å². The number of sulfonamides is 1. The fourth-order valence-corrected chi connectivity index (χ4v) is 3.68. The summed E-state index contributed by atoms with van der Waals surface area (Å²) in [5.41, 5.74) is 1.60. The first-order chi connectivity index (χ1) is 12.4. The minimum Gasteiger partial charge on any atom is -0.482 e. The molecular weight excluding hydrogens is 354 g/mol. The van der Waals surface area contributed by atoms with E-state index in [1.807, 2.05) is 6.07 Å². The first-order valence-corrected chi connectivity index (χ1v) is 9.83. The SMILES string of the molecule is CCOC(=O)COc1cccc(CCNS(=O)(=O)c2ccccc2C)c1. The molecule has 0 aliphatic rings. The normalized spacial score (nSPS) is 11.2. The van der Waals surface area contributed by atoms with E-state index in [4.69, 9.17) is 9.47 Å². The second kappa shape index (κ2) is 9.35. The van der Waals surface area contributed by atoms with Crippen molar-refractivity contribution in [3.05, 3.63) is 59.7 Å². The van der Waals surface area contributed by atoms with Crippen LogP contribution in [0.15, 0.2) is 53.4 Å². The summed E-state index contributed by atoms with van der Waals surface area (Å²) in [6.45, 7) is 3.91. The minimum atomic E-state index is -3.54. The summed E-state index contributed by atoms with van der Waals surface area (Å²) in [6.07, 6.45) is 0.502. The van der Waals surface area contributed by atoms with Crippen LogP contribution in [-0.2, 0) is 26.0 Å². The summed E-state index contributed by atoms with van der Waals surface area (Å²) in [6, 6.07) is 14.0. The molecule has 2 aromatic rings. The van der Waals surface area contributed by atoms with Crippen molar-refractivity contribution in [2.75, 3.05) is 19.8 Å². The summed E-state index contributed by atoms with van der Waals surface area (Å²) in [5, 5.41) is 0. The Bertz CT molecular complexity index is 849. The van der Waals surface area contributed by atoms with Crippen molar-refractivity contribution in [3.8, 4) is 5.75 Å². The molecule has 0 amide bonds. The molecule has 0 saturated carbocycles. The molecule has 0 spiro atoms. The monoisotopic (exact) mass is 377 g/mol. The van der Waals surface area contributed by atoms with Gasteiger partial charge in [-0.05, 0) is 49.6 Å². The highest BCUT2D eigenvalue weighted by Gasteiger charge is 2.15. The average Bonchev–Trinajstić information content (AvgIpc) is 2.61. The molecule has 0 aliphatic heterocycles. The van der Waals surface area contributed by atoms with Crippen LogP contribution in [0.25, 0.3) is 0 Å². The summed E-state index contributed by atoms with van der Waals surface area (Å²) in [5.74, 6) is 0.112. The molecule has 0 aliphatic carbocycles. The quantitative estimate of drug-likeness (QED) is 0.679. The van der Waals surface area contributed by atoms with Gasteiger partial charge in [0.1, 0.15) is 5.75 Å². The van der Waals surface area contributed by atoms with E-state index in [0.29, 0.717) is 24.3 Å². The number of carbonyl (C=O) groups is 1. The van der Waals surface area contributed by atoms with Gasteiger partial charge in [-0.3, -0.25) is 0 Å². The van der Waals surface area contributed by atoms with Gasteiger partial charge < -0.3 is 9.47 Å². The molecule has 0 bridgehead atoms. The van der Waals surface area contributed by atoms with E-state index < -0.39 is 16.0 Å². The largest absolute Gasteiger partial charge is 0.482 e. The molecular formula is C19H23NO5S. The molecule has 7 heteroatoms. The van der Waals surface area contributed by atoms with E-state index in [1.165, 1.54) is 0 Å². The van der Waals surface area contributed by atoms with Gasteiger partial charge in [-0.25, -0.2) is 17.9 Å². The maximum absolute atomic E-state index is 12.4. The van der Waals surface area contributed by atoms with Crippen LogP contribution < -0.4 is 9.46 Å². The Morgan fingerprint density at radius 1 is 1.12 bits per heavy atom. The topological polar surface area (TPSA) is 81.7 Å². The number of nitrogens with one attached hydrogen (secondary N) is 1. The lowest BCUT2D eigenvalue weighted by molar-refractivity contribution is -0.145. The van der Waals surface area contributed by atoms with Gasteiger partial charge in [-0.2, -0.15) is 0 Å². The van der Waals surface area contributed by atoms with E-state index in [1.54, 1.807) is 56.3 Å². The molecule has 0 heterocycles. The molecule has 140 valence electrons. The van der Waals surface area contributed by atoms with Crippen molar-refractivity contribution in [3.63, 3.8) is 0 Å². The van der Waals surface area contributed by atoms with Crippen molar-refractivity contribution in [2.24, 2.45) is 0 Å². The second-order valence-electron chi connectivity index (χ2n) is 5.65. The van der Waals surface area contributed by atoms with Gasteiger partial charge in [-0.15, -0.1) is 0 Å². The number of ether oxygens (including phenoxy) is 2. The lowest BCUT2D eigenvalue weighted by atomic mass is 10.1. The van der Waals surface area contributed by atoms with Crippen LogP contribution in [0, 0.1) is 6.92 Å². The number of hydrogen-bond acceptors (Lipinski definition) is 5. The fraction of sp³-hybridized carbons (Fsp3) is 0.316. The lowest BCUT2D eigenvalue weighted by Gasteiger charge is -2.10. The second-order valence-corrected chi connectivity index (χ2v) is 7.39. The van der Waals surface area contributed by atoms with Crippen molar-refractivity contribution in [1.29, 1.82) is 0 Å². The van der Waals surface area contributed by atoms with Crippen LogP contribution >= 0.6 is 0 Å². The molecule has 0 saturated heterocycles. The van der Waals surface area contributed by atoms with Crippen LogP contribution in [0.3, 0.4) is 0 Å². The number of aryl methyl sites for hydroxylation is 1. The maximum atomic E-state index is 12.4. The molecule has 0 aromatic heterocycles. The van der Waals surface area contributed by atoms with Gasteiger partial charge >= 0.3 is 5.97 Å². The molecule has 26 heavy (non-hydrogen) atoms. The van der Waals surface area contributed by atoms with Gasteiger partial charge in [-0.1, -0.05) is 30.3 Å². The third-order valence-corrected chi connectivity index (χ3v) is 5.27. The van der Waals surface area contributed by atoms with Gasteiger partial charge in [0.05, 0.1) is 11.5 Å². The Morgan fingerprint density at radius 2 is 1.88 bits per heavy atom. The maximum Gasteiger partial charge on any atom is 0.344 e. The molecule has 0 fully saturated rings. The minimum absolute atomic E-state index is 0.156. The smallest absolute Gasteiger partial charge is 0.344 e. The first kappa shape index (κ1) is 19.9. The van der Waals surface area contributed by atoms with Gasteiger partial charge in [0.25, 0.3) is 0 Å². The Morgan fingerprint density at radius 3 is 2.62 bits per heavy atom. The predicted octanol–water partition coefficient (Wildman–Crippen LogP) is 2.46. The van der Waals surface area contributed by atoms with Crippen LogP contribution in [0.5, 0.6) is 5.75 Å². The van der Waals surface area contributed by atoms with E-state index >= 15 is 0 Å². The highest BCUT2D eigenvalue weighted by molar-refractivity contribution is 7.89. The fourth-order valence-electron chi connectivity index (χ4n) is 2.40. The van der Waals surface area contributed by atoms with Crippen LogP contribution in [0.4, 0.5) is 0 Å². The van der Waals surface area contributed by atoms with Crippen LogP contribution in [-0.4, -0.2) is 34.1 Å². The third-order valence-electron chi connectivity index (χ3n) is 3.65. The summed E-state index contributed by atoms with van der Waals surface area (Å²) < 4.78 is 37.5. The summed E-state index contributed by atoms with van der Waals surface area (Å²) >= 11 is 0. The Kier molecular flexibility index (Phi) is 7.17. The number of carbonyl (C=O) groups excluding carboxylic acids is 1. The Hall–Kier alpha value is -2.38. The van der Waals surface area contributed by atoms with Crippen LogP contribution in [0.2, 0.25) is 0 Å². The van der Waals surface area contributed by atoms with E-state index in [-0.39, 0.29) is 18.0 Å². The van der Waals surface area contributed by atoms with Gasteiger partial charge in [0, 0.05) is 6.54 Å². The van der Waals surface area contributed by atoms with Crippen molar-refractivity contribution >= 4 is 16.0 Å². The molecule has 0 atom stereocenters. The highest BCUT2D eigenvalue weighted by Crippen LogP contribution is 2.15. The van der Waals surface area contributed by atoms with Crippen LogP contribution in [0.1, 0.15) is 18.1 Å². The van der Waals surface area contributed by atoms with Gasteiger partial charge in [0.2, 0.25) is 10.0 Å². The third kappa shape index (κ3) is 5.86. The number of esters is 1. The molecule has 2 rings (SSSR count). The number of rotatable bonds is 9. The highest BCUT2D eigenvalue weighted by atomic mass is 32.2. The Balaban J connectivity index is 1.91. The zero-order valence-electron chi connectivity index (χ0n) is 14.9. The molecule has 1 N–H and O–H groups in total. The summed E-state index contributed by atoms with van der Waals surface area (Å²) in [4.78, 5) is 11.6. The average molecular weight is 377 g/mol. The van der Waals surface area contributed by atoms with Crippen molar-refractivity contribution in [2.45, 2.75) is 25.2 Å². The number of hydrogen-bond donors (Lipinski definition) is 1. The van der Waals surface area contributed by atoms with E-state index in [9.17, 15) is 13.2 Å². The van der Waals surface area contributed by atoms with E-state index in [2.05, 4.69) is 4.72 Å². The van der Waals surface area contributed by atoms with Crippen molar-refractivity contribution in [1.82, 2.24) is 4.72 Å². The number of benzene rings is 2. The molecule has 0 unspecified atom stereocenters. The molecule has 0 radical (unpaired) electrons.